The largest absolute Gasteiger partial charge is 0.340 e. The summed E-state index contributed by atoms with van der Waals surface area (Å²) < 4.78 is 0. The number of carbonyl (C=O) groups excluding carboxylic acids is 1. The number of nitrogens with one attached hydrogen (secondary N) is 1. The lowest BCUT2D eigenvalue weighted by molar-refractivity contribution is -0.133. The Balaban J connectivity index is 1.84. The maximum atomic E-state index is 11.9. The van der Waals surface area contributed by atoms with E-state index in [4.69, 9.17) is 0 Å². The van der Waals surface area contributed by atoms with Gasteiger partial charge in [0.1, 0.15) is 0 Å². The molecule has 0 aliphatic carbocycles. The predicted molar refractivity (Wildman–Crippen MR) is 55.9 cm³/mol. The molecular weight excluding hydrogens is 176 g/mol. The zero-order valence-corrected chi connectivity index (χ0v) is 9.12. The molecule has 3 nitrogen and oxygen atoms in total. The van der Waals surface area contributed by atoms with Crippen LogP contribution in [0.2, 0.25) is 0 Å². The maximum absolute atomic E-state index is 11.9. The Hall–Kier alpha value is -0.570. The van der Waals surface area contributed by atoms with Gasteiger partial charge in [-0.3, -0.25) is 4.79 Å². The Morgan fingerprint density at radius 1 is 1.43 bits per heavy atom. The number of carbonyl (C=O) groups is 1. The number of hydrogen-bond donors (Lipinski definition) is 1. The minimum Gasteiger partial charge on any atom is -0.340 e. The van der Waals surface area contributed by atoms with Gasteiger partial charge in [0.2, 0.25) is 5.91 Å². The lowest BCUT2D eigenvalue weighted by atomic mass is 9.98. The van der Waals surface area contributed by atoms with Gasteiger partial charge < -0.3 is 10.2 Å². The Bertz CT molecular complexity index is 225. The molecule has 0 aromatic carbocycles. The first-order valence-corrected chi connectivity index (χ1v) is 5.67. The van der Waals surface area contributed by atoms with Crippen molar-refractivity contribution in [3.63, 3.8) is 0 Å². The molecule has 14 heavy (non-hydrogen) atoms. The summed E-state index contributed by atoms with van der Waals surface area (Å²) in [6, 6.07) is 0.463. The Labute approximate surface area is 85.8 Å². The molecule has 0 aromatic rings. The maximum Gasteiger partial charge on any atom is 0.223 e. The summed E-state index contributed by atoms with van der Waals surface area (Å²) in [6.45, 7) is 7.43. The quantitative estimate of drug-likeness (QED) is 0.710. The Kier molecular flexibility index (Phi) is 2.77. The number of nitrogens with zero attached hydrogens (tertiary/aromatic N) is 1. The highest BCUT2D eigenvalue weighted by atomic mass is 16.2. The van der Waals surface area contributed by atoms with E-state index in [0.29, 0.717) is 23.8 Å². The van der Waals surface area contributed by atoms with Gasteiger partial charge in [-0.25, -0.2) is 0 Å². The molecule has 2 atom stereocenters. The molecule has 0 radical (unpaired) electrons. The molecule has 1 amide bonds. The van der Waals surface area contributed by atoms with Crippen LogP contribution in [0.25, 0.3) is 0 Å². The van der Waals surface area contributed by atoms with Crippen LogP contribution in [0.4, 0.5) is 0 Å². The molecule has 3 heteroatoms. The predicted octanol–water partition coefficient (Wildman–Crippen LogP) is 0.853. The summed E-state index contributed by atoms with van der Waals surface area (Å²) in [6.07, 6.45) is 1.93. The molecule has 2 saturated heterocycles. The van der Waals surface area contributed by atoms with Gasteiger partial charge in [0.25, 0.3) is 0 Å². The van der Waals surface area contributed by atoms with E-state index in [1.165, 1.54) is 6.42 Å². The monoisotopic (exact) mass is 196 g/mol. The average Bonchev–Trinajstić information content (AvgIpc) is 2.37. The Morgan fingerprint density at radius 3 is 2.57 bits per heavy atom. The number of likely N-dealkylation sites (tertiary alicyclic amines) is 1. The highest BCUT2D eigenvalue weighted by molar-refractivity contribution is 5.77. The van der Waals surface area contributed by atoms with Gasteiger partial charge in [-0.1, -0.05) is 6.92 Å². The van der Waals surface area contributed by atoms with Crippen LogP contribution in [-0.2, 0) is 4.79 Å². The van der Waals surface area contributed by atoms with Crippen molar-refractivity contribution < 1.29 is 4.79 Å². The zero-order valence-electron chi connectivity index (χ0n) is 9.12. The highest BCUT2D eigenvalue weighted by Gasteiger charge is 2.31. The molecule has 80 valence electrons. The minimum absolute atomic E-state index is 0.369. The first kappa shape index (κ1) is 9.97. The molecule has 2 heterocycles. The normalized spacial score (nSPS) is 33.1. The first-order valence-electron chi connectivity index (χ1n) is 5.67. The van der Waals surface area contributed by atoms with Crippen LogP contribution < -0.4 is 5.32 Å². The number of amides is 1. The van der Waals surface area contributed by atoms with Crippen molar-refractivity contribution in [3.05, 3.63) is 0 Å². The topological polar surface area (TPSA) is 32.3 Å². The molecule has 2 unspecified atom stereocenters. The van der Waals surface area contributed by atoms with Crippen molar-refractivity contribution in [2.75, 3.05) is 19.6 Å². The van der Waals surface area contributed by atoms with Crippen molar-refractivity contribution in [2.24, 2.45) is 11.8 Å². The lowest BCUT2D eigenvalue weighted by Gasteiger charge is -2.29. The summed E-state index contributed by atoms with van der Waals surface area (Å²) >= 11 is 0. The number of rotatable bonds is 2. The van der Waals surface area contributed by atoms with Crippen molar-refractivity contribution in [1.29, 1.82) is 0 Å². The van der Waals surface area contributed by atoms with Gasteiger partial charge in [0, 0.05) is 19.0 Å². The van der Waals surface area contributed by atoms with Crippen LogP contribution in [0, 0.1) is 11.8 Å². The summed E-state index contributed by atoms with van der Waals surface area (Å²) in [7, 11) is 0. The smallest absolute Gasteiger partial charge is 0.223 e. The van der Waals surface area contributed by atoms with Gasteiger partial charge in [0.15, 0.2) is 0 Å². The molecule has 0 bridgehead atoms. The molecule has 0 spiro atoms. The summed E-state index contributed by atoms with van der Waals surface area (Å²) in [5.74, 6) is 1.66. The molecular formula is C11H20N2O. The van der Waals surface area contributed by atoms with Crippen LogP contribution in [-0.4, -0.2) is 36.5 Å². The van der Waals surface area contributed by atoms with Crippen LogP contribution in [0.15, 0.2) is 0 Å². The third-order valence-electron chi connectivity index (χ3n) is 3.43. The van der Waals surface area contributed by atoms with E-state index in [9.17, 15) is 4.79 Å². The molecule has 0 saturated carbocycles. The molecule has 2 rings (SSSR count). The standard InChI is InChI=1S/C11H20N2O/c1-8-3-9(2)13(7-8)11(14)4-10-5-12-6-10/h8-10,12H,3-7H2,1-2H3. The van der Waals surface area contributed by atoms with E-state index in [2.05, 4.69) is 24.1 Å². The first-order chi connectivity index (χ1) is 6.66. The molecule has 2 fully saturated rings. The van der Waals surface area contributed by atoms with Crippen LogP contribution >= 0.6 is 0 Å². The zero-order chi connectivity index (χ0) is 10.1. The van der Waals surface area contributed by atoms with Gasteiger partial charge in [-0.2, -0.15) is 0 Å². The second kappa shape index (κ2) is 3.89. The molecule has 2 aliphatic rings. The van der Waals surface area contributed by atoms with Gasteiger partial charge in [-0.05, 0) is 38.3 Å². The fourth-order valence-corrected chi connectivity index (χ4v) is 2.50. The van der Waals surface area contributed by atoms with Crippen molar-refractivity contribution in [2.45, 2.75) is 32.7 Å². The van der Waals surface area contributed by atoms with Crippen LogP contribution in [0.1, 0.15) is 26.7 Å². The summed E-state index contributed by atoms with van der Waals surface area (Å²) in [5, 5.41) is 3.21. The van der Waals surface area contributed by atoms with Crippen molar-refractivity contribution in [1.82, 2.24) is 10.2 Å². The minimum atomic E-state index is 0.369. The highest BCUT2D eigenvalue weighted by Crippen LogP contribution is 2.24. The van der Waals surface area contributed by atoms with E-state index in [1.54, 1.807) is 0 Å². The summed E-state index contributed by atoms with van der Waals surface area (Å²) in [4.78, 5) is 14.0. The van der Waals surface area contributed by atoms with E-state index in [-0.39, 0.29) is 0 Å². The van der Waals surface area contributed by atoms with E-state index < -0.39 is 0 Å². The van der Waals surface area contributed by atoms with Crippen LogP contribution in [0.3, 0.4) is 0 Å². The van der Waals surface area contributed by atoms with Crippen molar-refractivity contribution in [3.8, 4) is 0 Å². The Morgan fingerprint density at radius 2 is 2.14 bits per heavy atom. The third-order valence-corrected chi connectivity index (χ3v) is 3.43. The molecule has 1 N–H and O–H groups in total. The summed E-state index contributed by atoms with van der Waals surface area (Å²) in [5.41, 5.74) is 0. The SMILES string of the molecule is CC1CC(C)N(C(=O)CC2CNC2)C1. The second-order valence-electron chi connectivity index (χ2n) is 4.96. The van der Waals surface area contributed by atoms with Gasteiger partial charge in [0.05, 0.1) is 0 Å². The van der Waals surface area contributed by atoms with Crippen molar-refractivity contribution >= 4 is 5.91 Å². The fourth-order valence-electron chi connectivity index (χ4n) is 2.50. The van der Waals surface area contributed by atoms with Gasteiger partial charge in [-0.15, -0.1) is 0 Å². The average molecular weight is 196 g/mol. The number of hydrogen-bond acceptors (Lipinski definition) is 2. The van der Waals surface area contributed by atoms with E-state index in [0.717, 1.165) is 26.1 Å². The van der Waals surface area contributed by atoms with Crippen LogP contribution in [0.5, 0.6) is 0 Å². The fraction of sp³-hybridized carbons (Fsp3) is 0.909. The molecule has 0 aromatic heterocycles. The van der Waals surface area contributed by atoms with E-state index >= 15 is 0 Å². The van der Waals surface area contributed by atoms with E-state index in [1.807, 2.05) is 0 Å². The lowest BCUT2D eigenvalue weighted by Crippen LogP contribution is -2.45. The second-order valence-corrected chi connectivity index (χ2v) is 4.96. The molecule has 2 aliphatic heterocycles. The van der Waals surface area contributed by atoms with Gasteiger partial charge >= 0.3 is 0 Å². The third kappa shape index (κ3) is 1.92.